The maximum atomic E-state index is 6.10. The number of rotatable bonds is 2. The van der Waals surface area contributed by atoms with Crippen LogP contribution in [0.3, 0.4) is 0 Å². The standard InChI is InChI=1S/C11H12BrN3/c12-7-3-4-8-9(5-7)15-11(14-8)10(13)6-1-2-6/h3-6,10H,1-2,13H2,(H,14,15). The van der Waals surface area contributed by atoms with E-state index in [-0.39, 0.29) is 6.04 Å². The van der Waals surface area contributed by atoms with Crippen molar-refractivity contribution in [3.8, 4) is 0 Å². The minimum atomic E-state index is 0.0798. The molecular formula is C11H12BrN3. The first-order valence-electron chi connectivity index (χ1n) is 5.15. The smallest absolute Gasteiger partial charge is 0.124 e. The van der Waals surface area contributed by atoms with Gasteiger partial charge in [-0.1, -0.05) is 15.9 Å². The predicted octanol–water partition coefficient (Wildman–Crippen LogP) is 2.74. The number of benzene rings is 1. The number of aromatic nitrogens is 2. The minimum absolute atomic E-state index is 0.0798. The molecule has 3 rings (SSSR count). The predicted molar refractivity (Wildman–Crippen MR) is 63.4 cm³/mol. The molecule has 2 aromatic rings. The lowest BCUT2D eigenvalue weighted by atomic mass is 10.2. The van der Waals surface area contributed by atoms with Crippen molar-refractivity contribution in [2.75, 3.05) is 0 Å². The van der Waals surface area contributed by atoms with Crippen LogP contribution in [0.1, 0.15) is 24.7 Å². The van der Waals surface area contributed by atoms with Gasteiger partial charge >= 0.3 is 0 Å². The second kappa shape index (κ2) is 3.32. The number of nitrogens with two attached hydrogens (primary N) is 1. The van der Waals surface area contributed by atoms with E-state index in [9.17, 15) is 0 Å². The maximum Gasteiger partial charge on any atom is 0.124 e. The number of imidazole rings is 1. The number of H-pyrrole nitrogens is 1. The Hall–Kier alpha value is -0.870. The molecule has 1 aromatic heterocycles. The largest absolute Gasteiger partial charge is 0.341 e. The van der Waals surface area contributed by atoms with Crippen LogP contribution in [0, 0.1) is 5.92 Å². The lowest BCUT2D eigenvalue weighted by Crippen LogP contribution is -2.13. The maximum absolute atomic E-state index is 6.10. The van der Waals surface area contributed by atoms with Gasteiger partial charge in [0, 0.05) is 4.47 Å². The monoisotopic (exact) mass is 265 g/mol. The van der Waals surface area contributed by atoms with Crippen molar-refractivity contribution in [1.29, 1.82) is 0 Å². The van der Waals surface area contributed by atoms with Crippen molar-refractivity contribution >= 4 is 27.0 Å². The van der Waals surface area contributed by atoms with Gasteiger partial charge in [-0.15, -0.1) is 0 Å². The van der Waals surface area contributed by atoms with Crippen LogP contribution >= 0.6 is 15.9 Å². The second-order valence-corrected chi connectivity index (χ2v) is 5.06. The molecule has 0 amide bonds. The summed E-state index contributed by atoms with van der Waals surface area (Å²) in [4.78, 5) is 7.80. The van der Waals surface area contributed by atoms with E-state index in [0.29, 0.717) is 5.92 Å². The van der Waals surface area contributed by atoms with Gasteiger partial charge < -0.3 is 10.7 Å². The van der Waals surface area contributed by atoms with Gasteiger partial charge in [-0.25, -0.2) is 4.98 Å². The summed E-state index contributed by atoms with van der Waals surface area (Å²) in [7, 11) is 0. The average molecular weight is 266 g/mol. The van der Waals surface area contributed by atoms with E-state index in [1.54, 1.807) is 0 Å². The molecule has 3 N–H and O–H groups in total. The fraction of sp³-hybridized carbons (Fsp3) is 0.364. The SMILES string of the molecule is NC(c1nc2ccc(Br)cc2[nH]1)C1CC1. The van der Waals surface area contributed by atoms with E-state index in [2.05, 4.69) is 25.9 Å². The van der Waals surface area contributed by atoms with Crippen LogP contribution in [-0.2, 0) is 0 Å². The zero-order chi connectivity index (χ0) is 10.4. The molecule has 1 aliphatic carbocycles. The van der Waals surface area contributed by atoms with Crippen molar-refractivity contribution in [1.82, 2.24) is 9.97 Å². The third-order valence-electron chi connectivity index (χ3n) is 2.91. The van der Waals surface area contributed by atoms with Gasteiger partial charge in [0.25, 0.3) is 0 Å². The summed E-state index contributed by atoms with van der Waals surface area (Å²) < 4.78 is 1.06. The third kappa shape index (κ3) is 1.68. The van der Waals surface area contributed by atoms with Crippen molar-refractivity contribution < 1.29 is 0 Å². The summed E-state index contributed by atoms with van der Waals surface area (Å²) in [5.41, 5.74) is 8.14. The van der Waals surface area contributed by atoms with Crippen LogP contribution in [0.5, 0.6) is 0 Å². The van der Waals surface area contributed by atoms with Crippen LogP contribution in [0.25, 0.3) is 11.0 Å². The molecule has 1 heterocycles. The molecule has 15 heavy (non-hydrogen) atoms. The Labute approximate surface area is 96.2 Å². The highest BCUT2D eigenvalue weighted by Gasteiger charge is 2.31. The number of aromatic amines is 1. The molecule has 1 saturated carbocycles. The van der Waals surface area contributed by atoms with Crippen LogP contribution < -0.4 is 5.73 Å². The number of fused-ring (bicyclic) bond motifs is 1. The first kappa shape index (κ1) is 9.36. The Morgan fingerprint density at radius 1 is 1.47 bits per heavy atom. The van der Waals surface area contributed by atoms with Gasteiger partial charge in [-0.3, -0.25) is 0 Å². The van der Waals surface area contributed by atoms with E-state index in [0.717, 1.165) is 21.3 Å². The molecule has 0 bridgehead atoms. The van der Waals surface area contributed by atoms with E-state index in [1.807, 2.05) is 18.2 Å². The number of halogens is 1. The topological polar surface area (TPSA) is 54.7 Å². The summed E-state index contributed by atoms with van der Waals surface area (Å²) in [5, 5.41) is 0. The first-order chi connectivity index (χ1) is 7.24. The summed E-state index contributed by atoms with van der Waals surface area (Å²) in [6, 6.07) is 6.11. The second-order valence-electron chi connectivity index (χ2n) is 4.15. The Kier molecular flexibility index (Phi) is 2.07. The number of hydrogen-bond donors (Lipinski definition) is 2. The van der Waals surface area contributed by atoms with Crippen LogP contribution in [0.2, 0.25) is 0 Å². The highest BCUT2D eigenvalue weighted by molar-refractivity contribution is 9.10. The fourth-order valence-corrected chi connectivity index (χ4v) is 2.20. The molecule has 1 aromatic carbocycles. The molecule has 1 fully saturated rings. The van der Waals surface area contributed by atoms with Gasteiger partial charge in [0.15, 0.2) is 0 Å². The quantitative estimate of drug-likeness (QED) is 0.878. The Balaban J connectivity index is 2.05. The van der Waals surface area contributed by atoms with Crippen molar-refractivity contribution in [3.63, 3.8) is 0 Å². The van der Waals surface area contributed by atoms with E-state index in [4.69, 9.17) is 5.73 Å². The summed E-state index contributed by atoms with van der Waals surface area (Å²) in [6.45, 7) is 0. The molecule has 4 heteroatoms. The van der Waals surface area contributed by atoms with Crippen LogP contribution in [0.4, 0.5) is 0 Å². The molecule has 1 atom stereocenters. The highest BCUT2D eigenvalue weighted by Crippen LogP contribution is 2.38. The molecular weight excluding hydrogens is 254 g/mol. The molecule has 0 spiro atoms. The number of nitrogens with zero attached hydrogens (tertiary/aromatic N) is 1. The highest BCUT2D eigenvalue weighted by atomic mass is 79.9. The van der Waals surface area contributed by atoms with Crippen LogP contribution in [0.15, 0.2) is 22.7 Å². The molecule has 0 saturated heterocycles. The van der Waals surface area contributed by atoms with Crippen molar-refractivity contribution in [2.45, 2.75) is 18.9 Å². The van der Waals surface area contributed by atoms with Crippen LogP contribution in [-0.4, -0.2) is 9.97 Å². The Morgan fingerprint density at radius 2 is 2.27 bits per heavy atom. The van der Waals surface area contributed by atoms with Crippen molar-refractivity contribution in [2.24, 2.45) is 11.7 Å². The molecule has 0 aliphatic heterocycles. The minimum Gasteiger partial charge on any atom is -0.341 e. The molecule has 1 aliphatic rings. The van der Waals surface area contributed by atoms with Crippen molar-refractivity contribution in [3.05, 3.63) is 28.5 Å². The van der Waals surface area contributed by atoms with E-state index < -0.39 is 0 Å². The van der Waals surface area contributed by atoms with Gasteiger partial charge in [0.2, 0.25) is 0 Å². The third-order valence-corrected chi connectivity index (χ3v) is 3.40. The van der Waals surface area contributed by atoms with Gasteiger partial charge in [-0.05, 0) is 37.0 Å². The van der Waals surface area contributed by atoms with Gasteiger partial charge in [0.05, 0.1) is 17.1 Å². The average Bonchev–Trinajstić information content (AvgIpc) is 2.97. The van der Waals surface area contributed by atoms with E-state index >= 15 is 0 Å². The first-order valence-corrected chi connectivity index (χ1v) is 5.94. The lowest BCUT2D eigenvalue weighted by molar-refractivity contribution is 0.602. The zero-order valence-electron chi connectivity index (χ0n) is 8.20. The fourth-order valence-electron chi connectivity index (χ4n) is 1.84. The summed E-state index contributed by atoms with van der Waals surface area (Å²) in [6.07, 6.45) is 2.48. The zero-order valence-corrected chi connectivity index (χ0v) is 9.79. The molecule has 3 nitrogen and oxygen atoms in total. The van der Waals surface area contributed by atoms with E-state index in [1.165, 1.54) is 12.8 Å². The normalized spacial score (nSPS) is 18.3. The lowest BCUT2D eigenvalue weighted by Gasteiger charge is -2.04. The number of hydrogen-bond acceptors (Lipinski definition) is 2. The Bertz CT molecular complexity index is 502. The van der Waals surface area contributed by atoms with Gasteiger partial charge in [-0.2, -0.15) is 0 Å². The number of nitrogens with one attached hydrogen (secondary N) is 1. The van der Waals surface area contributed by atoms with Gasteiger partial charge in [0.1, 0.15) is 5.82 Å². The summed E-state index contributed by atoms with van der Waals surface area (Å²) >= 11 is 3.44. The Morgan fingerprint density at radius 3 is 3.00 bits per heavy atom. The molecule has 1 unspecified atom stereocenters. The summed E-state index contributed by atoms with van der Waals surface area (Å²) in [5.74, 6) is 1.56. The molecule has 78 valence electrons. The molecule has 0 radical (unpaired) electrons.